The van der Waals surface area contributed by atoms with Gasteiger partial charge >= 0.3 is 0 Å². The van der Waals surface area contributed by atoms with Crippen molar-refractivity contribution in [2.45, 2.75) is 32.9 Å². The summed E-state index contributed by atoms with van der Waals surface area (Å²) < 4.78 is 5.54. The average Bonchev–Trinajstić information content (AvgIpc) is 2.51. The van der Waals surface area contributed by atoms with Gasteiger partial charge in [-0.2, -0.15) is 0 Å². The van der Waals surface area contributed by atoms with Gasteiger partial charge < -0.3 is 10.1 Å². The summed E-state index contributed by atoms with van der Waals surface area (Å²) in [4.78, 5) is 0. The Labute approximate surface area is 132 Å². The van der Waals surface area contributed by atoms with Crippen molar-refractivity contribution in [2.24, 2.45) is 0 Å². The first-order valence-corrected chi connectivity index (χ1v) is 7.80. The highest BCUT2D eigenvalue weighted by atomic mass is 35.5. The van der Waals surface area contributed by atoms with Gasteiger partial charge in [0.25, 0.3) is 0 Å². The van der Waals surface area contributed by atoms with Crippen LogP contribution >= 0.6 is 11.6 Å². The number of halogens is 1. The van der Waals surface area contributed by atoms with Gasteiger partial charge in [-0.1, -0.05) is 48.9 Å². The minimum atomic E-state index is 0.242. The fourth-order valence-electron chi connectivity index (χ4n) is 2.33. The van der Waals surface area contributed by atoms with Crippen LogP contribution in [0.4, 0.5) is 5.69 Å². The van der Waals surface area contributed by atoms with E-state index in [-0.39, 0.29) is 6.04 Å². The first-order valence-electron chi connectivity index (χ1n) is 7.42. The van der Waals surface area contributed by atoms with Crippen molar-refractivity contribution < 1.29 is 4.74 Å². The molecule has 0 spiro atoms. The van der Waals surface area contributed by atoms with Crippen molar-refractivity contribution in [3.63, 3.8) is 0 Å². The molecule has 0 radical (unpaired) electrons. The molecule has 1 unspecified atom stereocenters. The smallest absolute Gasteiger partial charge is 0.0736 e. The van der Waals surface area contributed by atoms with Gasteiger partial charge in [-0.05, 0) is 37.1 Å². The number of hydrogen-bond acceptors (Lipinski definition) is 2. The molecule has 2 aromatic rings. The number of anilines is 1. The first kappa shape index (κ1) is 15.9. The molecule has 2 rings (SSSR count). The van der Waals surface area contributed by atoms with Crippen LogP contribution in [0.25, 0.3) is 0 Å². The maximum Gasteiger partial charge on any atom is 0.0736 e. The summed E-state index contributed by atoms with van der Waals surface area (Å²) in [6.07, 6.45) is 0.989. The summed E-state index contributed by atoms with van der Waals surface area (Å²) in [6, 6.07) is 16.6. The molecule has 2 nitrogen and oxygen atoms in total. The Bertz CT molecular complexity index is 571. The molecular weight excluding hydrogens is 282 g/mol. The molecule has 0 saturated heterocycles. The number of benzene rings is 2. The monoisotopic (exact) mass is 303 g/mol. The second-order valence-corrected chi connectivity index (χ2v) is 5.39. The van der Waals surface area contributed by atoms with Crippen molar-refractivity contribution in [1.29, 1.82) is 0 Å². The number of hydrogen-bond donors (Lipinski definition) is 1. The van der Waals surface area contributed by atoms with Gasteiger partial charge in [-0.25, -0.2) is 0 Å². The summed E-state index contributed by atoms with van der Waals surface area (Å²) in [5, 5.41) is 4.38. The zero-order valence-corrected chi connectivity index (χ0v) is 13.4. The SMILES string of the molecule is CCOCc1ccccc1NC(CC)c1cccc(Cl)c1. The van der Waals surface area contributed by atoms with E-state index in [1.807, 2.05) is 37.3 Å². The van der Waals surface area contributed by atoms with Crippen molar-refractivity contribution >= 4 is 17.3 Å². The van der Waals surface area contributed by atoms with E-state index in [1.54, 1.807) is 0 Å². The third-order valence-corrected chi connectivity index (χ3v) is 3.70. The van der Waals surface area contributed by atoms with E-state index in [4.69, 9.17) is 16.3 Å². The van der Waals surface area contributed by atoms with Crippen LogP contribution in [0.1, 0.15) is 37.4 Å². The molecule has 0 heterocycles. The van der Waals surface area contributed by atoms with E-state index < -0.39 is 0 Å². The van der Waals surface area contributed by atoms with E-state index in [0.29, 0.717) is 6.61 Å². The minimum absolute atomic E-state index is 0.242. The van der Waals surface area contributed by atoms with Crippen LogP contribution in [0.5, 0.6) is 0 Å². The Balaban J connectivity index is 2.18. The lowest BCUT2D eigenvalue weighted by Gasteiger charge is -2.21. The van der Waals surface area contributed by atoms with Gasteiger partial charge in [-0.3, -0.25) is 0 Å². The highest BCUT2D eigenvalue weighted by Gasteiger charge is 2.11. The van der Waals surface area contributed by atoms with Gasteiger partial charge in [0.15, 0.2) is 0 Å². The Morgan fingerprint density at radius 1 is 1.10 bits per heavy atom. The summed E-state index contributed by atoms with van der Waals surface area (Å²) >= 11 is 6.10. The van der Waals surface area contributed by atoms with Crippen molar-refractivity contribution in [2.75, 3.05) is 11.9 Å². The quantitative estimate of drug-likeness (QED) is 0.735. The van der Waals surface area contributed by atoms with Crippen LogP contribution < -0.4 is 5.32 Å². The highest BCUT2D eigenvalue weighted by molar-refractivity contribution is 6.30. The summed E-state index contributed by atoms with van der Waals surface area (Å²) in [5.74, 6) is 0. The average molecular weight is 304 g/mol. The molecule has 21 heavy (non-hydrogen) atoms. The molecule has 0 aliphatic heterocycles. The topological polar surface area (TPSA) is 21.3 Å². The maximum atomic E-state index is 6.10. The zero-order chi connectivity index (χ0) is 15.1. The van der Waals surface area contributed by atoms with Crippen LogP contribution in [0.2, 0.25) is 5.02 Å². The first-order chi connectivity index (χ1) is 10.2. The summed E-state index contributed by atoms with van der Waals surface area (Å²) in [6.45, 7) is 5.53. The van der Waals surface area contributed by atoms with Gasteiger partial charge in [-0.15, -0.1) is 0 Å². The third-order valence-electron chi connectivity index (χ3n) is 3.47. The Kier molecular flexibility index (Phi) is 6.09. The van der Waals surface area contributed by atoms with Crippen LogP contribution in [-0.2, 0) is 11.3 Å². The van der Waals surface area contributed by atoms with E-state index in [2.05, 4.69) is 30.4 Å². The van der Waals surface area contributed by atoms with Gasteiger partial charge in [0.2, 0.25) is 0 Å². The Morgan fingerprint density at radius 3 is 2.62 bits per heavy atom. The molecule has 1 N–H and O–H groups in total. The molecule has 0 aliphatic carbocycles. The van der Waals surface area contributed by atoms with E-state index in [0.717, 1.165) is 23.7 Å². The predicted molar refractivity (Wildman–Crippen MR) is 89.9 cm³/mol. The van der Waals surface area contributed by atoms with Crippen LogP contribution in [0.15, 0.2) is 48.5 Å². The molecule has 0 bridgehead atoms. The summed E-state index contributed by atoms with van der Waals surface area (Å²) in [7, 11) is 0. The van der Waals surface area contributed by atoms with Gasteiger partial charge in [0.1, 0.15) is 0 Å². The molecule has 1 atom stereocenters. The van der Waals surface area contributed by atoms with Crippen molar-refractivity contribution in [1.82, 2.24) is 0 Å². The largest absolute Gasteiger partial charge is 0.378 e. The zero-order valence-electron chi connectivity index (χ0n) is 12.6. The fourth-order valence-corrected chi connectivity index (χ4v) is 2.53. The lowest BCUT2D eigenvalue weighted by atomic mass is 10.0. The summed E-state index contributed by atoms with van der Waals surface area (Å²) in [5.41, 5.74) is 3.51. The second-order valence-electron chi connectivity index (χ2n) is 4.95. The molecule has 0 aromatic heterocycles. The molecule has 0 amide bonds. The van der Waals surface area contributed by atoms with Crippen molar-refractivity contribution in [3.8, 4) is 0 Å². The lowest BCUT2D eigenvalue weighted by molar-refractivity contribution is 0.134. The van der Waals surface area contributed by atoms with Gasteiger partial charge in [0.05, 0.1) is 12.6 Å². The molecule has 112 valence electrons. The fraction of sp³-hybridized carbons (Fsp3) is 0.333. The van der Waals surface area contributed by atoms with Crippen molar-refractivity contribution in [3.05, 3.63) is 64.7 Å². The molecule has 0 aliphatic rings. The van der Waals surface area contributed by atoms with E-state index in [1.165, 1.54) is 11.1 Å². The Hall–Kier alpha value is -1.51. The number of ether oxygens (including phenoxy) is 1. The van der Waals surface area contributed by atoms with Crippen LogP contribution in [0, 0.1) is 0 Å². The predicted octanol–water partition coefficient (Wildman–Crippen LogP) is 5.44. The minimum Gasteiger partial charge on any atom is -0.378 e. The number of para-hydroxylation sites is 1. The van der Waals surface area contributed by atoms with Crippen LogP contribution in [-0.4, -0.2) is 6.61 Å². The maximum absolute atomic E-state index is 6.10. The molecule has 2 aromatic carbocycles. The van der Waals surface area contributed by atoms with E-state index >= 15 is 0 Å². The second kappa shape index (κ2) is 8.06. The molecular formula is C18H22ClNO. The number of nitrogens with one attached hydrogen (secondary N) is 1. The van der Waals surface area contributed by atoms with E-state index in [9.17, 15) is 0 Å². The number of rotatable bonds is 7. The standard InChI is InChI=1S/C18H22ClNO/c1-3-17(14-9-7-10-16(19)12-14)20-18-11-6-5-8-15(18)13-21-4-2/h5-12,17,20H,3-4,13H2,1-2H3. The normalized spacial score (nSPS) is 12.1. The highest BCUT2D eigenvalue weighted by Crippen LogP contribution is 2.27. The lowest BCUT2D eigenvalue weighted by Crippen LogP contribution is -2.11. The molecule has 0 saturated carbocycles. The third kappa shape index (κ3) is 4.48. The van der Waals surface area contributed by atoms with Gasteiger partial charge in [0, 0.05) is 22.9 Å². The van der Waals surface area contributed by atoms with Crippen LogP contribution in [0.3, 0.4) is 0 Å². The molecule has 3 heteroatoms. The molecule has 0 fully saturated rings. The Morgan fingerprint density at radius 2 is 1.90 bits per heavy atom.